The second kappa shape index (κ2) is 5.17. The summed E-state index contributed by atoms with van der Waals surface area (Å²) in [5, 5.41) is 0. The summed E-state index contributed by atoms with van der Waals surface area (Å²) in [5.74, 6) is 1.57. The summed E-state index contributed by atoms with van der Waals surface area (Å²) in [7, 11) is 0. The Kier molecular flexibility index (Phi) is 3.97. The number of hydrogen-bond acceptors (Lipinski definition) is 1. The van der Waals surface area contributed by atoms with Gasteiger partial charge in [-0.1, -0.05) is 22.0 Å². The number of alkyl halides is 1. The van der Waals surface area contributed by atoms with Crippen LogP contribution in [-0.2, 0) is 0 Å². The molecule has 0 N–H and O–H groups in total. The molecule has 1 heterocycles. The van der Waals surface area contributed by atoms with Gasteiger partial charge in [-0.15, -0.1) is 0 Å². The van der Waals surface area contributed by atoms with Crippen molar-refractivity contribution < 1.29 is 8.81 Å². The molecular formula is C14H13Br2FO. The minimum atomic E-state index is -0.254. The van der Waals surface area contributed by atoms with Crippen LogP contribution in [0.25, 0.3) is 0 Å². The Labute approximate surface area is 123 Å². The minimum Gasteiger partial charge on any atom is -0.466 e. The van der Waals surface area contributed by atoms with Crippen LogP contribution in [0, 0.1) is 26.6 Å². The summed E-state index contributed by atoms with van der Waals surface area (Å²) in [5.41, 5.74) is 3.25. The van der Waals surface area contributed by atoms with Crippen molar-refractivity contribution in [3.63, 3.8) is 0 Å². The van der Waals surface area contributed by atoms with Crippen LogP contribution >= 0.6 is 31.9 Å². The average Bonchev–Trinajstić information content (AvgIpc) is 2.56. The van der Waals surface area contributed by atoms with Gasteiger partial charge >= 0.3 is 0 Å². The molecule has 1 aromatic carbocycles. The first kappa shape index (κ1) is 13.8. The Morgan fingerprint density at radius 3 is 2.33 bits per heavy atom. The third kappa shape index (κ3) is 2.41. The molecule has 0 aliphatic carbocycles. The Balaban J connectivity index is 2.47. The average molecular weight is 376 g/mol. The third-order valence-electron chi connectivity index (χ3n) is 3.11. The first-order valence-corrected chi connectivity index (χ1v) is 7.28. The van der Waals surface area contributed by atoms with Gasteiger partial charge in [0.1, 0.15) is 17.3 Å². The van der Waals surface area contributed by atoms with Crippen LogP contribution < -0.4 is 0 Å². The molecule has 4 heteroatoms. The highest BCUT2D eigenvalue weighted by Gasteiger charge is 2.20. The van der Waals surface area contributed by atoms with Gasteiger partial charge in [0.2, 0.25) is 0 Å². The molecule has 0 spiro atoms. The lowest BCUT2D eigenvalue weighted by Gasteiger charge is -2.11. The van der Waals surface area contributed by atoms with Crippen LogP contribution in [0.15, 0.2) is 27.1 Å². The van der Waals surface area contributed by atoms with Crippen molar-refractivity contribution >= 4 is 31.9 Å². The van der Waals surface area contributed by atoms with Gasteiger partial charge in [0, 0.05) is 5.56 Å². The zero-order chi connectivity index (χ0) is 13.4. The fourth-order valence-electron chi connectivity index (χ4n) is 2.02. The Bertz CT molecular complexity index is 590. The molecule has 0 fully saturated rings. The quantitative estimate of drug-likeness (QED) is 0.623. The van der Waals surface area contributed by atoms with Crippen LogP contribution in [0.1, 0.15) is 33.0 Å². The first-order chi connectivity index (χ1) is 8.41. The standard InChI is InChI=1S/C14H13Br2FO/c1-7-8(2)18-9(3)13(7)14(16)10-4-5-12(17)11(15)6-10/h4-6,14H,1-3H3. The molecule has 0 amide bonds. The number of furan rings is 1. The van der Waals surface area contributed by atoms with Gasteiger partial charge in [-0.3, -0.25) is 0 Å². The van der Waals surface area contributed by atoms with Crippen molar-refractivity contribution in [1.29, 1.82) is 0 Å². The molecule has 0 bridgehead atoms. The van der Waals surface area contributed by atoms with Crippen LogP contribution in [0.2, 0.25) is 0 Å². The third-order valence-corrected chi connectivity index (χ3v) is 4.70. The Morgan fingerprint density at radius 2 is 1.83 bits per heavy atom. The highest BCUT2D eigenvalue weighted by molar-refractivity contribution is 9.10. The van der Waals surface area contributed by atoms with Gasteiger partial charge < -0.3 is 4.42 Å². The lowest BCUT2D eigenvalue weighted by molar-refractivity contribution is 0.500. The lowest BCUT2D eigenvalue weighted by atomic mass is 10.0. The fraction of sp³-hybridized carbons (Fsp3) is 0.286. The molecule has 1 aromatic heterocycles. The van der Waals surface area contributed by atoms with Gasteiger partial charge in [0.15, 0.2) is 0 Å². The van der Waals surface area contributed by atoms with E-state index in [0.717, 1.165) is 28.2 Å². The molecule has 1 atom stereocenters. The van der Waals surface area contributed by atoms with E-state index in [1.54, 1.807) is 12.1 Å². The van der Waals surface area contributed by atoms with Gasteiger partial charge in [-0.25, -0.2) is 4.39 Å². The van der Waals surface area contributed by atoms with Gasteiger partial charge in [0.25, 0.3) is 0 Å². The first-order valence-electron chi connectivity index (χ1n) is 5.57. The molecule has 0 saturated heterocycles. The molecule has 96 valence electrons. The summed E-state index contributed by atoms with van der Waals surface area (Å²) >= 11 is 6.87. The van der Waals surface area contributed by atoms with E-state index in [-0.39, 0.29) is 10.6 Å². The summed E-state index contributed by atoms with van der Waals surface area (Å²) in [6.45, 7) is 5.93. The van der Waals surface area contributed by atoms with E-state index in [4.69, 9.17) is 4.42 Å². The Morgan fingerprint density at radius 1 is 1.17 bits per heavy atom. The molecule has 1 nitrogen and oxygen atoms in total. The fourth-order valence-corrected chi connectivity index (χ4v) is 3.37. The predicted octanol–water partition coefficient (Wildman–Crippen LogP) is 5.59. The summed E-state index contributed by atoms with van der Waals surface area (Å²) in [6, 6.07) is 5.03. The van der Waals surface area contributed by atoms with E-state index in [0.29, 0.717) is 4.47 Å². The van der Waals surface area contributed by atoms with Gasteiger partial charge in [0.05, 0.1) is 9.30 Å². The molecule has 0 aliphatic heterocycles. The number of aryl methyl sites for hydroxylation is 2. The van der Waals surface area contributed by atoms with E-state index in [1.807, 2.05) is 20.8 Å². The van der Waals surface area contributed by atoms with E-state index in [2.05, 4.69) is 31.9 Å². The molecule has 0 aliphatic rings. The topological polar surface area (TPSA) is 13.1 Å². The van der Waals surface area contributed by atoms with Crippen molar-refractivity contribution in [2.24, 2.45) is 0 Å². The maximum atomic E-state index is 13.2. The Hall–Kier alpha value is -0.610. The lowest BCUT2D eigenvalue weighted by Crippen LogP contribution is -1.96. The molecule has 2 rings (SSSR count). The maximum absolute atomic E-state index is 13.2. The van der Waals surface area contributed by atoms with Gasteiger partial charge in [-0.05, 0) is 60.0 Å². The van der Waals surface area contributed by atoms with Crippen molar-refractivity contribution in [2.45, 2.75) is 25.6 Å². The largest absolute Gasteiger partial charge is 0.466 e. The van der Waals surface area contributed by atoms with Crippen molar-refractivity contribution in [2.75, 3.05) is 0 Å². The number of hydrogen-bond donors (Lipinski definition) is 0. The molecule has 2 aromatic rings. The number of halogens is 3. The SMILES string of the molecule is Cc1oc(C)c(C(Br)c2ccc(F)c(Br)c2)c1C. The highest BCUT2D eigenvalue weighted by Crippen LogP contribution is 2.38. The maximum Gasteiger partial charge on any atom is 0.137 e. The second-order valence-electron chi connectivity index (χ2n) is 4.29. The van der Waals surface area contributed by atoms with E-state index >= 15 is 0 Å². The molecule has 0 saturated carbocycles. The molecule has 1 unspecified atom stereocenters. The number of benzene rings is 1. The zero-order valence-corrected chi connectivity index (χ0v) is 13.5. The van der Waals surface area contributed by atoms with Crippen LogP contribution in [0.4, 0.5) is 4.39 Å². The van der Waals surface area contributed by atoms with Crippen molar-refractivity contribution in [3.05, 3.63) is 56.7 Å². The van der Waals surface area contributed by atoms with Gasteiger partial charge in [-0.2, -0.15) is 0 Å². The van der Waals surface area contributed by atoms with Crippen molar-refractivity contribution in [1.82, 2.24) is 0 Å². The normalized spacial score (nSPS) is 12.8. The highest BCUT2D eigenvalue weighted by atomic mass is 79.9. The minimum absolute atomic E-state index is 0.00634. The predicted molar refractivity (Wildman–Crippen MR) is 77.8 cm³/mol. The van der Waals surface area contributed by atoms with E-state index < -0.39 is 0 Å². The smallest absolute Gasteiger partial charge is 0.137 e. The van der Waals surface area contributed by atoms with Crippen molar-refractivity contribution in [3.8, 4) is 0 Å². The summed E-state index contributed by atoms with van der Waals surface area (Å²) in [4.78, 5) is 0.00634. The summed E-state index contributed by atoms with van der Waals surface area (Å²) < 4.78 is 19.3. The molecule has 0 radical (unpaired) electrons. The molecule has 18 heavy (non-hydrogen) atoms. The summed E-state index contributed by atoms with van der Waals surface area (Å²) in [6.07, 6.45) is 0. The zero-order valence-electron chi connectivity index (χ0n) is 10.4. The number of rotatable bonds is 2. The van der Waals surface area contributed by atoms with E-state index in [9.17, 15) is 4.39 Å². The van der Waals surface area contributed by atoms with E-state index in [1.165, 1.54) is 6.07 Å². The van der Waals surface area contributed by atoms with Crippen LogP contribution in [0.5, 0.6) is 0 Å². The van der Waals surface area contributed by atoms with Crippen LogP contribution in [0.3, 0.4) is 0 Å². The molecular weight excluding hydrogens is 363 g/mol. The second-order valence-corrected chi connectivity index (χ2v) is 6.06. The monoisotopic (exact) mass is 374 g/mol. The van der Waals surface area contributed by atoms with Crippen LogP contribution in [-0.4, -0.2) is 0 Å².